The van der Waals surface area contributed by atoms with Gasteiger partial charge in [0, 0.05) is 6.42 Å². The minimum atomic E-state index is -1.14. The summed E-state index contributed by atoms with van der Waals surface area (Å²) in [5.74, 6) is -1.67. The molecule has 0 saturated carbocycles. The van der Waals surface area contributed by atoms with Gasteiger partial charge in [-0.3, -0.25) is 4.79 Å². The highest BCUT2D eigenvalue weighted by Crippen LogP contribution is 2.26. The van der Waals surface area contributed by atoms with Gasteiger partial charge < -0.3 is 21.1 Å². The predicted molar refractivity (Wildman–Crippen MR) is 57.3 cm³/mol. The predicted octanol–water partition coefficient (Wildman–Crippen LogP) is -1.69. The van der Waals surface area contributed by atoms with Crippen molar-refractivity contribution in [3.63, 3.8) is 0 Å². The molecule has 5 nitrogen and oxygen atoms in total. The van der Waals surface area contributed by atoms with Crippen LogP contribution in [0.3, 0.4) is 0 Å². The Labute approximate surface area is 87.6 Å². The molecule has 1 aromatic rings. The lowest BCUT2D eigenvalue weighted by molar-refractivity contribution is -0.138. The molecule has 0 spiro atoms. The number of aromatic hydroxyl groups is 2. The van der Waals surface area contributed by atoms with E-state index in [2.05, 4.69) is 0 Å². The Morgan fingerprint density at radius 1 is 1.40 bits per heavy atom. The molecule has 1 rings (SSSR count). The number of phenols is 2. The van der Waals surface area contributed by atoms with Crippen molar-refractivity contribution in [2.45, 2.75) is 12.5 Å². The van der Waals surface area contributed by atoms with Gasteiger partial charge in [-0.05, 0) is 11.0 Å². The van der Waals surface area contributed by atoms with E-state index in [1.165, 1.54) is 0 Å². The molecule has 80 valence electrons. The van der Waals surface area contributed by atoms with Crippen molar-refractivity contribution in [2.24, 2.45) is 5.73 Å². The van der Waals surface area contributed by atoms with E-state index in [9.17, 15) is 15.0 Å². The molecule has 0 fully saturated rings. The summed E-state index contributed by atoms with van der Waals surface area (Å²) in [5.41, 5.74) is 6.17. The maximum absolute atomic E-state index is 10.5. The third-order valence-corrected chi connectivity index (χ3v) is 2.19. The molecular weight excluding hydrogens is 197 g/mol. The normalized spacial score (nSPS) is 12.3. The molecule has 0 amide bonds. The van der Waals surface area contributed by atoms with Crippen LogP contribution in [0.2, 0.25) is 0 Å². The SMILES string of the molecule is Bc1ccc(CC(N)C(=O)O)c(O)c1O. The Kier molecular flexibility index (Phi) is 3.21. The van der Waals surface area contributed by atoms with Crippen LogP contribution in [-0.4, -0.2) is 35.2 Å². The number of carbonyl (C=O) groups is 1. The number of nitrogens with two attached hydrogens (primary N) is 1. The van der Waals surface area contributed by atoms with Gasteiger partial charge in [0.25, 0.3) is 0 Å². The first-order valence-corrected chi connectivity index (χ1v) is 4.42. The molecule has 0 aliphatic heterocycles. The molecule has 0 bridgehead atoms. The van der Waals surface area contributed by atoms with Gasteiger partial charge in [-0.25, -0.2) is 0 Å². The minimum absolute atomic E-state index is 0.0188. The highest BCUT2D eigenvalue weighted by Gasteiger charge is 2.16. The smallest absolute Gasteiger partial charge is 0.320 e. The van der Waals surface area contributed by atoms with Crippen molar-refractivity contribution in [3.05, 3.63) is 17.7 Å². The molecule has 5 N–H and O–H groups in total. The summed E-state index contributed by atoms with van der Waals surface area (Å²) in [6.45, 7) is 0. The molecule has 0 aliphatic rings. The monoisotopic (exact) mass is 209 g/mol. The molecule has 0 aliphatic carbocycles. The van der Waals surface area contributed by atoms with Gasteiger partial charge in [-0.2, -0.15) is 0 Å². The molecule has 1 aromatic carbocycles. The Balaban J connectivity index is 2.97. The van der Waals surface area contributed by atoms with Crippen molar-refractivity contribution < 1.29 is 20.1 Å². The van der Waals surface area contributed by atoms with Crippen molar-refractivity contribution in [1.29, 1.82) is 0 Å². The summed E-state index contributed by atoms with van der Waals surface area (Å²) >= 11 is 0. The molecule has 15 heavy (non-hydrogen) atoms. The van der Waals surface area contributed by atoms with E-state index in [1.54, 1.807) is 20.0 Å². The number of phenolic OH excluding ortho intramolecular Hbond substituents is 2. The summed E-state index contributed by atoms with van der Waals surface area (Å²) in [6.07, 6.45) is -0.0188. The van der Waals surface area contributed by atoms with Gasteiger partial charge in [-0.15, -0.1) is 0 Å². The lowest BCUT2D eigenvalue weighted by atomic mass is 9.92. The summed E-state index contributed by atoms with van der Waals surface area (Å²) in [7, 11) is 1.63. The second kappa shape index (κ2) is 4.23. The van der Waals surface area contributed by atoms with E-state index in [0.717, 1.165) is 0 Å². The number of hydrogen-bond donors (Lipinski definition) is 4. The van der Waals surface area contributed by atoms with Gasteiger partial charge in [0.15, 0.2) is 11.5 Å². The van der Waals surface area contributed by atoms with Crippen LogP contribution in [0.4, 0.5) is 0 Å². The van der Waals surface area contributed by atoms with Crippen molar-refractivity contribution in [2.75, 3.05) is 0 Å². The number of carboxylic acid groups (broad SMARTS) is 1. The molecule has 0 aromatic heterocycles. The fourth-order valence-electron chi connectivity index (χ4n) is 1.21. The lowest BCUT2D eigenvalue weighted by Crippen LogP contribution is -2.32. The largest absolute Gasteiger partial charge is 0.505 e. The third kappa shape index (κ3) is 2.41. The van der Waals surface area contributed by atoms with Crippen LogP contribution in [0.15, 0.2) is 12.1 Å². The molecule has 0 radical (unpaired) electrons. The van der Waals surface area contributed by atoms with Crippen LogP contribution >= 0.6 is 0 Å². The number of carboxylic acids is 1. The van der Waals surface area contributed by atoms with Gasteiger partial charge in [-0.1, -0.05) is 12.1 Å². The molecule has 1 unspecified atom stereocenters. The Morgan fingerprint density at radius 3 is 2.53 bits per heavy atom. The Hall–Kier alpha value is -1.69. The fraction of sp³-hybridized carbons (Fsp3) is 0.222. The van der Waals surface area contributed by atoms with Crippen molar-refractivity contribution in [3.8, 4) is 11.5 Å². The van der Waals surface area contributed by atoms with E-state index in [1.807, 2.05) is 0 Å². The zero-order valence-electron chi connectivity index (χ0n) is 8.27. The molecule has 6 heteroatoms. The first-order chi connectivity index (χ1) is 6.93. The summed E-state index contributed by atoms with van der Waals surface area (Å²) in [6, 6.07) is 2.06. The fourth-order valence-corrected chi connectivity index (χ4v) is 1.21. The van der Waals surface area contributed by atoms with E-state index < -0.39 is 12.0 Å². The van der Waals surface area contributed by atoms with Crippen LogP contribution in [0.1, 0.15) is 5.56 Å². The third-order valence-electron chi connectivity index (χ3n) is 2.19. The summed E-state index contributed by atoms with van der Waals surface area (Å²) < 4.78 is 0. The van der Waals surface area contributed by atoms with Gasteiger partial charge in [0.2, 0.25) is 0 Å². The maximum atomic E-state index is 10.5. The number of benzene rings is 1. The van der Waals surface area contributed by atoms with Gasteiger partial charge in [0.05, 0.1) is 0 Å². The van der Waals surface area contributed by atoms with E-state index in [-0.39, 0.29) is 17.9 Å². The molecular formula is C9H12BNO4. The van der Waals surface area contributed by atoms with E-state index >= 15 is 0 Å². The average Bonchev–Trinajstić information content (AvgIpc) is 2.18. The summed E-state index contributed by atoms with van der Waals surface area (Å²) in [5, 5.41) is 27.5. The van der Waals surface area contributed by atoms with Crippen LogP contribution in [0, 0.1) is 0 Å². The average molecular weight is 209 g/mol. The Morgan fingerprint density at radius 2 is 2.00 bits per heavy atom. The quantitative estimate of drug-likeness (QED) is 0.351. The van der Waals surface area contributed by atoms with Crippen molar-refractivity contribution in [1.82, 2.24) is 0 Å². The zero-order chi connectivity index (χ0) is 11.6. The summed E-state index contributed by atoms with van der Waals surface area (Å²) in [4.78, 5) is 10.5. The standard InChI is InChI=1S/C9H12BNO4/c10-5-2-1-4(7(12)8(5)13)3-6(11)9(14)15/h1-2,6,12-13H,3,10-11H2,(H,14,15). The maximum Gasteiger partial charge on any atom is 0.320 e. The number of aliphatic carboxylic acids is 1. The highest BCUT2D eigenvalue weighted by molar-refractivity contribution is 6.34. The second-order valence-corrected chi connectivity index (χ2v) is 3.39. The molecule has 0 heterocycles. The minimum Gasteiger partial charge on any atom is -0.505 e. The first-order valence-electron chi connectivity index (χ1n) is 4.42. The van der Waals surface area contributed by atoms with Crippen LogP contribution < -0.4 is 11.2 Å². The van der Waals surface area contributed by atoms with Crippen LogP contribution in [-0.2, 0) is 11.2 Å². The van der Waals surface area contributed by atoms with Crippen LogP contribution in [0.25, 0.3) is 0 Å². The zero-order valence-corrected chi connectivity index (χ0v) is 8.27. The number of hydrogen-bond acceptors (Lipinski definition) is 4. The second-order valence-electron chi connectivity index (χ2n) is 3.39. The van der Waals surface area contributed by atoms with E-state index in [0.29, 0.717) is 11.0 Å². The van der Waals surface area contributed by atoms with Gasteiger partial charge >= 0.3 is 5.97 Å². The van der Waals surface area contributed by atoms with E-state index in [4.69, 9.17) is 10.8 Å². The van der Waals surface area contributed by atoms with Gasteiger partial charge in [0.1, 0.15) is 13.9 Å². The lowest BCUT2D eigenvalue weighted by Gasteiger charge is -2.10. The number of rotatable bonds is 3. The first kappa shape index (κ1) is 11.4. The molecule has 0 saturated heterocycles. The highest BCUT2D eigenvalue weighted by atomic mass is 16.4. The van der Waals surface area contributed by atoms with Crippen molar-refractivity contribution >= 4 is 19.3 Å². The Bertz CT molecular complexity index is 394. The topological polar surface area (TPSA) is 104 Å². The van der Waals surface area contributed by atoms with Crippen LogP contribution in [0.5, 0.6) is 11.5 Å². The molecule has 1 atom stereocenters.